The number of carbonyl (C=O) groups is 1. The second-order valence-electron chi connectivity index (χ2n) is 8.33. The highest BCUT2D eigenvalue weighted by atomic mass is 19.1. The molecule has 3 atom stereocenters. The van der Waals surface area contributed by atoms with Gasteiger partial charge in [0.15, 0.2) is 0 Å². The van der Waals surface area contributed by atoms with E-state index in [0.29, 0.717) is 18.8 Å². The number of amides is 1. The number of fused-ring (bicyclic) bond motifs is 5. The summed E-state index contributed by atoms with van der Waals surface area (Å²) in [5.74, 6) is 0.401. The van der Waals surface area contributed by atoms with E-state index >= 15 is 0 Å². The van der Waals surface area contributed by atoms with Crippen LogP contribution < -0.4 is 15.4 Å². The fourth-order valence-electron chi connectivity index (χ4n) is 4.99. The molecule has 158 valence electrons. The van der Waals surface area contributed by atoms with E-state index in [9.17, 15) is 9.18 Å². The number of aryl methyl sites for hydroxylation is 1. The maximum Gasteiger partial charge on any atom is 0.242 e. The summed E-state index contributed by atoms with van der Waals surface area (Å²) in [6.45, 7) is 2.67. The van der Waals surface area contributed by atoms with Gasteiger partial charge in [-0.2, -0.15) is 0 Å². The van der Waals surface area contributed by atoms with Gasteiger partial charge in [-0.15, -0.1) is 0 Å². The molecule has 5 heteroatoms. The van der Waals surface area contributed by atoms with Gasteiger partial charge >= 0.3 is 0 Å². The topological polar surface area (TPSA) is 50.4 Å². The van der Waals surface area contributed by atoms with Crippen LogP contribution in [0.5, 0.6) is 5.75 Å². The van der Waals surface area contributed by atoms with Crippen molar-refractivity contribution in [2.75, 3.05) is 18.5 Å². The summed E-state index contributed by atoms with van der Waals surface area (Å²) in [4.78, 5) is 13.1. The summed E-state index contributed by atoms with van der Waals surface area (Å²) < 4.78 is 20.6. The van der Waals surface area contributed by atoms with Crippen molar-refractivity contribution < 1.29 is 13.9 Å². The van der Waals surface area contributed by atoms with E-state index in [-0.39, 0.29) is 23.6 Å². The van der Waals surface area contributed by atoms with Gasteiger partial charge in [0.1, 0.15) is 24.2 Å². The van der Waals surface area contributed by atoms with Crippen LogP contribution in [0, 0.1) is 18.7 Å². The molecule has 0 saturated heterocycles. The maximum absolute atomic E-state index is 14.9. The highest BCUT2D eigenvalue weighted by molar-refractivity contribution is 5.87. The van der Waals surface area contributed by atoms with Crippen molar-refractivity contribution in [3.63, 3.8) is 0 Å². The zero-order valence-electron chi connectivity index (χ0n) is 17.4. The minimum Gasteiger partial charge on any atom is -0.492 e. The minimum atomic E-state index is -0.501. The van der Waals surface area contributed by atoms with Crippen LogP contribution in [-0.2, 0) is 11.2 Å². The molecule has 1 aliphatic heterocycles. The lowest BCUT2D eigenvalue weighted by atomic mass is 9.77. The third-order valence-corrected chi connectivity index (χ3v) is 6.30. The summed E-state index contributed by atoms with van der Waals surface area (Å²) >= 11 is 0. The number of anilines is 1. The van der Waals surface area contributed by atoms with Gasteiger partial charge in [0.05, 0.1) is 12.2 Å². The summed E-state index contributed by atoms with van der Waals surface area (Å²) in [5, 5.41) is 6.20. The Balaban J connectivity index is 1.36. The molecular formula is C26H25FN2O2. The number of nitrogens with one attached hydrogen (secondary N) is 2. The molecule has 3 unspecified atom stereocenters. The van der Waals surface area contributed by atoms with Crippen molar-refractivity contribution in [2.45, 2.75) is 25.3 Å². The van der Waals surface area contributed by atoms with Gasteiger partial charge in [-0.05, 0) is 53.8 Å². The zero-order valence-corrected chi connectivity index (χ0v) is 17.4. The number of rotatable bonds is 5. The van der Waals surface area contributed by atoms with E-state index in [1.807, 2.05) is 55.5 Å². The van der Waals surface area contributed by atoms with E-state index in [0.717, 1.165) is 23.3 Å². The van der Waals surface area contributed by atoms with Crippen LogP contribution in [0.4, 0.5) is 10.1 Å². The monoisotopic (exact) mass is 416 g/mol. The van der Waals surface area contributed by atoms with Gasteiger partial charge in [-0.3, -0.25) is 4.79 Å². The Bertz CT molecular complexity index is 1120. The van der Waals surface area contributed by atoms with Crippen molar-refractivity contribution in [3.8, 4) is 5.75 Å². The molecule has 0 aromatic heterocycles. The Labute approximate surface area is 181 Å². The number of halogens is 1. The molecule has 31 heavy (non-hydrogen) atoms. The second kappa shape index (κ2) is 8.06. The van der Waals surface area contributed by atoms with Crippen LogP contribution in [-0.4, -0.2) is 25.1 Å². The van der Waals surface area contributed by atoms with E-state index in [1.165, 1.54) is 17.2 Å². The standard InChI is InChI=1S/C26H25FN2O2/c1-16-13-20-23-19-10-6-5-7-17(19)15-21(23)25(29-24(20)22(27)14-16)26(30)28-11-12-31-18-8-3-2-4-9-18/h2-10,13-14,21,23,25,29H,11-12,15H2,1H3,(H,28,30). The summed E-state index contributed by atoms with van der Waals surface area (Å²) in [5.41, 5.74) is 4.72. The zero-order chi connectivity index (χ0) is 21.4. The first kappa shape index (κ1) is 19.6. The molecule has 0 spiro atoms. The normalized spacial score (nSPS) is 20.8. The molecular weight excluding hydrogens is 391 g/mol. The average Bonchev–Trinajstić information content (AvgIpc) is 3.17. The Morgan fingerprint density at radius 3 is 2.71 bits per heavy atom. The molecule has 1 amide bonds. The lowest BCUT2D eigenvalue weighted by Crippen LogP contribution is -2.49. The summed E-state index contributed by atoms with van der Waals surface area (Å²) in [6, 6.07) is 20.8. The molecule has 1 heterocycles. The first-order valence-electron chi connectivity index (χ1n) is 10.7. The highest BCUT2D eigenvalue weighted by Crippen LogP contribution is 2.50. The lowest BCUT2D eigenvalue weighted by molar-refractivity contribution is -0.123. The van der Waals surface area contributed by atoms with E-state index in [4.69, 9.17) is 4.74 Å². The first-order chi connectivity index (χ1) is 15.1. The third-order valence-electron chi connectivity index (χ3n) is 6.30. The predicted molar refractivity (Wildman–Crippen MR) is 119 cm³/mol. The number of hydrogen-bond acceptors (Lipinski definition) is 3. The van der Waals surface area contributed by atoms with Crippen molar-refractivity contribution in [2.24, 2.45) is 5.92 Å². The van der Waals surface area contributed by atoms with Gasteiger partial charge < -0.3 is 15.4 Å². The number of carbonyl (C=O) groups excluding carboxylic acids is 1. The van der Waals surface area contributed by atoms with Crippen molar-refractivity contribution >= 4 is 11.6 Å². The van der Waals surface area contributed by atoms with E-state index in [2.05, 4.69) is 22.8 Å². The SMILES string of the molecule is Cc1cc(F)c2c(c1)C1c3ccccc3CC1C(C(=O)NCCOc1ccccc1)N2. The molecule has 2 N–H and O–H groups in total. The summed E-state index contributed by atoms with van der Waals surface area (Å²) in [7, 11) is 0. The molecule has 0 bridgehead atoms. The molecule has 3 aromatic carbocycles. The van der Waals surface area contributed by atoms with Gasteiger partial charge in [0, 0.05) is 11.8 Å². The highest BCUT2D eigenvalue weighted by Gasteiger charge is 2.46. The Morgan fingerprint density at radius 1 is 1.10 bits per heavy atom. The smallest absolute Gasteiger partial charge is 0.242 e. The van der Waals surface area contributed by atoms with Gasteiger partial charge in [-0.25, -0.2) is 4.39 Å². The Hall–Kier alpha value is -3.34. The van der Waals surface area contributed by atoms with Gasteiger partial charge in [0.25, 0.3) is 0 Å². The lowest BCUT2D eigenvalue weighted by Gasteiger charge is -2.37. The quantitative estimate of drug-likeness (QED) is 0.605. The number of hydrogen-bond donors (Lipinski definition) is 2. The van der Waals surface area contributed by atoms with Crippen LogP contribution >= 0.6 is 0 Å². The molecule has 2 aliphatic rings. The molecule has 0 radical (unpaired) electrons. The van der Waals surface area contributed by atoms with Crippen LogP contribution in [0.25, 0.3) is 0 Å². The molecule has 5 rings (SSSR count). The Morgan fingerprint density at radius 2 is 1.87 bits per heavy atom. The average molecular weight is 416 g/mol. The molecule has 0 saturated carbocycles. The largest absolute Gasteiger partial charge is 0.492 e. The van der Waals surface area contributed by atoms with Crippen molar-refractivity contribution in [1.82, 2.24) is 5.32 Å². The fraction of sp³-hybridized carbons (Fsp3) is 0.269. The van der Waals surface area contributed by atoms with Crippen molar-refractivity contribution in [3.05, 3.63) is 94.8 Å². The van der Waals surface area contributed by atoms with Gasteiger partial charge in [0.2, 0.25) is 5.91 Å². The number of para-hydroxylation sites is 1. The van der Waals surface area contributed by atoms with E-state index < -0.39 is 6.04 Å². The number of benzene rings is 3. The Kier molecular flexibility index (Phi) is 5.10. The van der Waals surface area contributed by atoms with Crippen LogP contribution in [0.15, 0.2) is 66.7 Å². The molecule has 0 fully saturated rings. The summed E-state index contributed by atoms with van der Waals surface area (Å²) in [6.07, 6.45) is 0.793. The number of ether oxygens (including phenoxy) is 1. The molecule has 3 aromatic rings. The van der Waals surface area contributed by atoms with Crippen LogP contribution in [0.1, 0.15) is 28.2 Å². The fourth-order valence-corrected chi connectivity index (χ4v) is 4.99. The van der Waals surface area contributed by atoms with Crippen molar-refractivity contribution in [1.29, 1.82) is 0 Å². The second-order valence-corrected chi connectivity index (χ2v) is 8.33. The molecule has 4 nitrogen and oxygen atoms in total. The maximum atomic E-state index is 14.9. The van der Waals surface area contributed by atoms with Gasteiger partial charge in [-0.1, -0.05) is 48.5 Å². The first-order valence-corrected chi connectivity index (χ1v) is 10.7. The molecule has 1 aliphatic carbocycles. The minimum absolute atomic E-state index is 0.0122. The van der Waals surface area contributed by atoms with Crippen LogP contribution in [0.3, 0.4) is 0 Å². The van der Waals surface area contributed by atoms with E-state index in [1.54, 1.807) is 0 Å². The third kappa shape index (κ3) is 3.65. The predicted octanol–water partition coefficient (Wildman–Crippen LogP) is 4.43. The van der Waals surface area contributed by atoms with Crippen LogP contribution in [0.2, 0.25) is 0 Å².